The molecule has 4 nitrogen and oxygen atoms in total. The number of carbonyl (C=O) groups excluding carboxylic acids is 1. The van der Waals surface area contributed by atoms with E-state index in [-0.39, 0.29) is 24.3 Å². The van der Waals surface area contributed by atoms with E-state index in [1.54, 1.807) is 6.08 Å². The Balaban J connectivity index is 1.96. The highest BCUT2D eigenvalue weighted by Gasteiger charge is 2.20. The number of anilines is 1. The van der Waals surface area contributed by atoms with Crippen molar-refractivity contribution in [3.05, 3.63) is 36.2 Å². The van der Waals surface area contributed by atoms with Crippen LogP contribution in [0, 0.1) is 11.7 Å². The Morgan fingerprint density at radius 2 is 2.17 bits per heavy atom. The minimum Gasteiger partial charge on any atom is -0.396 e. The summed E-state index contributed by atoms with van der Waals surface area (Å²) in [5.41, 5.74) is 0.147. The van der Waals surface area contributed by atoms with Crippen molar-refractivity contribution in [3.63, 3.8) is 0 Å². The summed E-state index contributed by atoms with van der Waals surface area (Å²) in [7, 11) is 0. The van der Waals surface area contributed by atoms with Gasteiger partial charge in [0.2, 0.25) is 6.43 Å². The molecule has 2 amide bonds. The van der Waals surface area contributed by atoms with Crippen LogP contribution in [-0.2, 0) is 0 Å². The highest BCUT2D eigenvalue weighted by molar-refractivity contribution is 7.99. The van der Waals surface area contributed by atoms with Gasteiger partial charge in [0.15, 0.2) is 0 Å². The van der Waals surface area contributed by atoms with Gasteiger partial charge in [0.05, 0.1) is 11.4 Å². The number of hydrogen-bond donors (Lipinski definition) is 3. The lowest BCUT2D eigenvalue weighted by atomic mass is 10.1. The number of carbonyl (C=O) groups is 1. The van der Waals surface area contributed by atoms with Crippen molar-refractivity contribution in [3.8, 4) is 0 Å². The fourth-order valence-electron chi connectivity index (χ4n) is 2.22. The standard InChI is InChI=1S/C15H17F3N2O2S/c16-10-2-4-13(23-8-14(17)18)12(6-10)20-15(22)19-11-3-1-9(5-11)7-21/h1-4,6,9,11,14,21H,5,7-8H2,(H2,19,20,22)/t9-,11+/m0/s1. The zero-order valence-corrected chi connectivity index (χ0v) is 13.0. The average Bonchev–Trinajstić information content (AvgIpc) is 2.93. The second-order valence-electron chi connectivity index (χ2n) is 5.11. The molecule has 1 aromatic carbocycles. The van der Waals surface area contributed by atoms with Gasteiger partial charge in [0.25, 0.3) is 0 Å². The van der Waals surface area contributed by atoms with Crippen LogP contribution in [0.25, 0.3) is 0 Å². The molecule has 0 radical (unpaired) electrons. The summed E-state index contributed by atoms with van der Waals surface area (Å²) in [6.45, 7) is 0.00854. The maximum absolute atomic E-state index is 13.3. The monoisotopic (exact) mass is 346 g/mol. The Morgan fingerprint density at radius 3 is 2.83 bits per heavy atom. The molecule has 1 aromatic rings. The number of urea groups is 1. The number of nitrogens with one attached hydrogen (secondary N) is 2. The number of aliphatic hydroxyl groups is 1. The van der Waals surface area contributed by atoms with Crippen molar-refractivity contribution >= 4 is 23.5 Å². The van der Waals surface area contributed by atoms with Crippen molar-refractivity contribution in [1.29, 1.82) is 0 Å². The van der Waals surface area contributed by atoms with Crippen LogP contribution in [0.5, 0.6) is 0 Å². The molecular weight excluding hydrogens is 329 g/mol. The molecule has 126 valence electrons. The number of benzene rings is 1. The van der Waals surface area contributed by atoms with Gasteiger partial charge in [0.1, 0.15) is 5.82 Å². The van der Waals surface area contributed by atoms with E-state index in [1.165, 1.54) is 6.07 Å². The van der Waals surface area contributed by atoms with E-state index in [0.29, 0.717) is 11.3 Å². The summed E-state index contributed by atoms with van der Waals surface area (Å²) in [5.74, 6) is -1.000. The van der Waals surface area contributed by atoms with E-state index in [0.717, 1.165) is 23.9 Å². The van der Waals surface area contributed by atoms with E-state index in [4.69, 9.17) is 5.11 Å². The van der Waals surface area contributed by atoms with E-state index < -0.39 is 24.0 Å². The van der Waals surface area contributed by atoms with Crippen LogP contribution in [0.3, 0.4) is 0 Å². The molecular formula is C15H17F3N2O2S. The van der Waals surface area contributed by atoms with Crippen molar-refractivity contribution in [2.45, 2.75) is 23.8 Å². The highest BCUT2D eigenvalue weighted by Crippen LogP contribution is 2.29. The van der Waals surface area contributed by atoms with Gasteiger partial charge in [-0.2, -0.15) is 0 Å². The topological polar surface area (TPSA) is 61.4 Å². The Hall–Kier alpha value is -1.67. The molecule has 1 aliphatic rings. The molecule has 0 aliphatic heterocycles. The van der Waals surface area contributed by atoms with Gasteiger partial charge in [-0.3, -0.25) is 0 Å². The van der Waals surface area contributed by atoms with E-state index in [9.17, 15) is 18.0 Å². The van der Waals surface area contributed by atoms with Crippen molar-refractivity contribution in [2.75, 3.05) is 17.7 Å². The number of hydrogen-bond acceptors (Lipinski definition) is 3. The van der Waals surface area contributed by atoms with E-state index in [2.05, 4.69) is 10.6 Å². The smallest absolute Gasteiger partial charge is 0.319 e. The van der Waals surface area contributed by atoms with E-state index in [1.807, 2.05) is 6.08 Å². The second kappa shape index (κ2) is 8.26. The summed E-state index contributed by atoms with van der Waals surface area (Å²) in [6.07, 6.45) is 1.68. The molecule has 0 fully saturated rings. The molecule has 0 aromatic heterocycles. The van der Waals surface area contributed by atoms with Gasteiger partial charge in [-0.1, -0.05) is 12.2 Å². The van der Waals surface area contributed by atoms with Crippen LogP contribution in [0.2, 0.25) is 0 Å². The Kier molecular flexibility index (Phi) is 6.35. The number of amides is 2. The predicted octanol–water partition coefficient (Wildman–Crippen LogP) is 3.24. The fourth-order valence-corrected chi connectivity index (χ4v) is 2.96. The molecule has 1 aliphatic carbocycles. The normalized spacial score (nSPS) is 20.0. The molecule has 23 heavy (non-hydrogen) atoms. The summed E-state index contributed by atoms with van der Waals surface area (Å²) in [5, 5.41) is 14.2. The van der Waals surface area contributed by atoms with Crippen molar-refractivity contribution < 1.29 is 23.1 Å². The number of aliphatic hydroxyl groups excluding tert-OH is 1. The summed E-state index contributed by atoms with van der Waals surface area (Å²) in [6, 6.07) is 2.83. The van der Waals surface area contributed by atoms with Crippen LogP contribution in [0.1, 0.15) is 6.42 Å². The van der Waals surface area contributed by atoms with Crippen molar-refractivity contribution in [2.24, 2.45) is 5.92 Å². The van der Waals surface area contributed by atoms with Gasteiger partial charge in [-0.15, -0.1) is 11.8 Å². The van der Waals surface area contributed by atoms with Crippen LogP contribution >= 0.6 is 11.8 Å². The number of halogens is 3. The summed E-state index contributed by atoms with van der Waals surface area (Å²) >= 11 is 0.846. The minimum atomic E-state index is -2.49. The molecule has 0 unspecified atom stereocenters. The molecule has 0 heterocycles. The van der Waals surface area contributed by atoms with Gasteiger partial charge < -0.3 is 15.7 Å². The molecule has 2 atom stereocenters. The van der Waals surface area contributed by atoms with Crippen LogP contribution < -0.4 is 10.6 Å². The third kappa shape index (κ3) is 5.47. The summed E-state index contributed by atoms with van der Waals surface area (Å²) in [4.78, 5) is 12.3. The lowest BCUT2D eigenvalue weighted by molar-refractivity contribution is 0.177. The zero-order valence-electron chi connectivity index (χ0n) is 12.1. The first-order valence-corrected chi connectivity index (χ1v) is 8.03. The van der Waals surface area contributed by atoms with Gasteiger partial charge in [-0.05, 0) is 24.6 Å². The van der Waals surface area contributed by atoms with Crippen LogP contribution in [0.4, 0.5) is 23.7 Å². The number of rotatable bonds is 6. The molecule has 0 spiro atoms. The number of alkyl halides is 2. The van der Waals surface area contributed by atoms with Crippen LogP contribution in [-0.4, -0.2) is 36.0 Å². The fraction of sp³-hybridized carbons (Fsp3) is 0.400. The molecule has 3 N–H and O–H groups in total. The lowest BCUT2D eigenvalue weighted by Gasteiger charge is -2.15. The Morgan fingerprint density at radius 1 is 1.39 bits per heavy atom. The third-order valence-corrected chi connectivity index (χ3v) is 4.36. The lowest BCUT2D eigenvalue weighted by Crippen LogP contribution is -2.36. The molecule has 8 heteroatoms. The maximum atomic E-state index is 13.3. The molecule has 0 saturated carbocycles. The average molecular weight is 346 g/mol. The van der Waals surface area contributed by atoms with Gasteiger partial charge in [0, 0.05) is 23.5 Å². The first kappa shape index (κ1) is 17.7. The van der Waals surface area contributed by atoms with Gasteiger partial charge >= 0.3 is 6.03 Å². The zero-order chi connectivity index (χ0) is 16.8. The molecule has 0 saturated heterocycles. The first-order valence-electron chi connectivity index (χ1n) is 7.05. The Bertz CT molecular complexity index is 584. The van der Waals surface area contributed by atoms with Gasteiger partial charge in [-0.25, -0.2) is 18.0 Å². The molecule has 0 bridgehead atoms. The first-order chi connectivity index (χ1) is 11.0. The van der Waals surface area contributed by atoms with Crippen LogP contribution in [0.15, 0.2) is 35.2 Å². The predicted molar refractivity (Wildman–Crippen MR) is 83.4 cm³/mol. The quantitative estimate of drug-likeness (QED) is 0.547. The maximum Gasteiger partial charge on any atom is 0.319 e. The minimum absolute atomic E-state index is 0.00614. The Labute approximate surface area is 136 Å². The third-order valence-electron chi connectivity index (χ3n) is 3.28. The summed E-state index contributed by atoms with van der Waals surface area (Å²) < 4.78 is 38.0. The SMILES string of the molecule is O=C(Nc1cc(F)ccc1SCC(F)F)N[C@@H]1C=C[C@H](CO)C1. The van der Waals surface area contributed by atoms with E-state index >= 15 is 0 Å². The van der Waals surface area contributed by atoms with Crippen molar-refractivity contribution in [1.82, 2.24) is 5.32 Å². The largest absolute Gasteiger partial charge is 0.396 e. The number of thioether (sulfide) groups is 1. The second-order valence-corrected chi connectivity index (χ2v) is 6.17. The highest BCUT2D eigenvalue weighted by atomic mass is 32.2. The molecule has 2 rings (SSSR count).